The molecule has 0 amide bonds. The van der Waals surface area contributed by atoms with E-state index in [0.717, 1.165) is 25.0 Å². The van der Waals surface area contributed by atoms with Crippen molar-refractivity contribution in [3.63, 3.8) is 0 Å². The van der Waals surface area contributed by atoms with Crippen LogP contribution >= 0.6 is 11.3 Å². The van der Waals surface area contributed by atoms with Crippen LogP contribution in [0.3, 0.4) is 0 Å². The largest absolute Gasteiger partial charge is 0.327 e. The van der Waals surface area contributed by atoms with E-state index in [2.05, 4.69) is 24.0 Å². The quantitative estimate of drug-likeness (QED) is 0.881. The van der Waals surface area contributed by atoms with Gasteiger partial charge in [-0.3, -0.25) is 4.98 Å². The van der Waals surface area contributed by atoms with E-state index in [1.54, 1.807) is 0 Å². The van der Waals surface area contributed by atoms with Gasteiger partial charge in [0.25, 0.3) is 0 Å². The van der Waals surface area contributed by atoms with E-state index >= 15 is 0 Å². The van der Waals surface area contributed by atoms with Crippen molar-refractivity contribution in [2.45, 2.75) is 32.2 Å². The molecule has 0 saturated heterocycles. The maximum atomic E-state index is 6.16. The van der Waals surface area contributed by atoms with E-state index in [-0.39, 0.29) is 6.04 Å². The molecule has 1 unspecified atom stereocenters. The highest BCUT2D eigenvalue weighted by Gasteiger charge is 2.08. The lowest BCUT2D eigenvalue weighted by atomic mass is 10.1. The fraction of sp³-hybridized carbons (Fsp3) is 0.357. The van der Waals surface area contributed by atoms with Crippen LogP contribution < -0.4 is 5.73 Å². The van der Waals surface area contributed by atoms with Gasteiger partial charge in [0.05, 0.1) is 0 Å². The van der Waals surface area contributed by atoms with Gasteiger partial charge in [0.1, 0.15) is 0 Å². The molecule has 17 heavy (non-hydrogen) atoms. The number of thiophene rings is 1. The van der Waals surface area contributed by atoms with E-state index in [1.807, 2.05) is 35.7 Å². The van der Waals surface area contributed by atoms with Crippen molar-refractivity contribution in [2.24, 2.45) is 5.73 Å². The van der Waals surface area contributed by atoms with E-state index in [4.69, 9.17) is 5.73 Å². The van der Waals surface area contributed by atoms with Gasteiger partial charge in [-0.15, -0.1) is 11.3 Å². The molecule has 0 bridgehead atoms. The van der Waals surface area contributed by atoms with Crippen LogP contribution in [0.4, 0.5) is 0 Å². The Kier molecular flexibility index (Phi) is 4.29. The normalized spacial score (nSPS) is 12.6. The second-order valence-electron chi connectivity index (χ2n) is 4.21. The van der Waals surface area contributed by atoms with Gasteiger partial charge in [0, 0.05) is 34.1 Å². The number of hydrogen-bond acceptors (Lipinski definition) is 3. The summed E-state index contributed by atoms with van der Waals surface area (Å²) in [5.41, 5.74) is 7.23. The van der Waals surface area contributed by atoms with E-state index in [0.29, 0.717) is 0 Å². The highest BCUT2D eigenvalue weighted by Crippen LogP contribution is 2.18. The van der Waals surface area contributed by atoms with E-state index < -0.39 is 0 Å². The fourth-order valence-electron chi connectivity index (χ4n) is 1.84. The molecule has 0 aliphatic rings. The monoisotopic (exact) mass is 246 g/mol. The molecule has 0 aromatic carbocycles. The topological polar surface area (TPSA) is 38.9 Å². The molecule has 2 aromatic rings. The van der Waals surface area contributed by atoms with E-state index in [9.17, 15) is 0 Å². The number of rotatable bonds is 5. The minimum atomic E-state index is 0.160. The molecule has 0 fully saturated rings. The van der Waals surface area contributed by atoms with Gasteiger partial charge in [-0.05, 0) is 37.1 Å². The molecule has 2 nitrogen and oxygen atoms in total. The molecule has 2 N–H and O–H groups in total. The Morgan fingerprint density at radius 2 is 2.00 bits per heavy atom. The van der Waals surface area contributed by atoms with Crippen LogP contribution in [-0.4, -0.2) is 11.0 Å². The molecule has 2 heterocycles. The van der Waals surface area contributed by atoms with Crippen LogP contribution in [0.1, 0.15) is 22.4 Å². The van der Waals surface area contributed by atoms with Crippen LogP contribution in [-0.2, 0) is 19.3 Å². The third-order valence-electron chi connectivity index (χ3n) is 2.73. The maximum absolute atomic E-state index is 6.16. The first-order chi connectivity index (χ1) is 8.28. The number of aryl methyl sites for hydroxylation is 1. The second kappa shape index (κ2) is 5.94. The zero-order valence-electron chi connectivity index (χ0n) is 10.1. The van der Waals surface area contributed by atoms with Gasteiger partial charge >= 0.3 is 0 Å². The molecule has 0 aliphatic carbocycles. The van der Waals surface area contributed by atoms with Gasteiger partial charge in [0.2, 0.25) is 0 Å². The summed E-state index contributed by atoms with van der Waals surface area (Å²) in [5, 5.41) is 0. The first kappa shape index (κ1) is 12.3. The third kappa shape index (κ3) is 3.65. The Morgan fingerprint density at radius 3 is 2.65 bits per heavy atom. The Morgan fingerprint density at radius 1 is 1.18 bits per heavy atom. The van der Waals surface area contributed by atoms with Crippen LogP contribution in [0.15, 0.2) is 36.5 Å². The van der Waals surface area contributed by atoms with E-state index in [1.165, 1.54) is 9.75 Å². The average molecular weight is 246 g/mol. The summed E-state index contributed by atoms with van der Waals surface area (Å²) in [6, 6.07) is 10.5. The number of hydrogen-bond donors (Lipinski definition) is 1. The lowest BCUT2D eigenvalue weighted by Crippen LogP contribution is -2.25. The molecular formula is C14H18N2S. The smallest absolute Gasteiger partial charge is 0.0419 e. The van der Waals surface area contributed by atoms with Crippen molar-refractivity contribution in [1.29, 1.82) is 0 Å². The van der Waals surface area contributed by atoms with Crippen LogP contribution in [0.5, 0.6) is 0 Å². The molecule has 90 valence electrons. The Balaban J connectivity index is 1.91. The molecule has 1 atom stereocenters. The molecule has 0 spiro atoms. The number of pyridine rings is 1. The molecule has 0 aliphatic heterocycles. The SMILES string of the molecule is CCc1ccc(CC(N)Cc2ccccn2)s1. The van der Waals surface area contributed by atoms with Crippen molar-refractivity contribution < 1.29 is 0 Å². The summed E-state index contributed by atoms with van der Waals surface area (Å²) in [7, 11) is 0. The van der Waals surface area contributed by atoms with Gasteiger partial charge in [-0.25, -0.2) is 0 Å². The fourth-order valence-corrected chi connectivity index (χ4v) is 2.89. The molecular weight excluding hydrogens is 228 g/mol. The van der Waals surface area contributed by atoms with Gasteiger partial charge in [-0.2, -0.15) is 0 Å². The van der Waals surface area contributed by atoms with Crippen molar-refractivity contribution in [1.82, 2.24) is 4.98 Å². The Bertz CT molecular complexity index is 450. The number of aromatic nitrogens is 1. The van der Waals surface area contributed by atoms with Gasteiger partial charge in [0.15, 0.2) is 0 Å². The summed E-state index contributed by atoms with van der Waals surface area (Å²) >= 11 is 1.87. The summed E-state index contributed by atoms with van der Waals surface area (Å²) in [6.07, 6.45) is 4.73. The highest BCUT2D eigenvalue weighted by molar-refractivity contribution is 7.11. The zero-order valence-corrected chi connectivity index (χ0v) is 10.9. The van der Waals surface area contributed by atoms with Crippen LogP contribution in [0, 0.1) is 0 Å². The first-order valence-corrected chi connectivity index (χ1v) is 6.82. The van der Waals surface area contributed by atoms with Crippen molar-refractivity contribution in [3.8, 4) is 0 Å². The number of nitrogens with zero attached hydrogens (tertiary/aromatic N) is 1. The molecule has 2 aromatic heterocycles. The summed E-state index contributed by atoms with van der Waals surface area (Å²) in [5.74, 6) is 0. The maximum Gasteiger partial charge on any atom is 0.0419 e. The van der Waals surface area contributed by atoms with Crippen molar-refractivity contribution in [2.75, 3.05) is 0 Å². The zero-order chi connectivity index (χ0) is 12.1. The van der Waals surface area contributed by atoms with Gasteiger partial charge in [-0.1, -0.05) is 13.0 Å². The Hall–Kier alpha value is -1.19. The third-order valence-corrected chi connectivity index (χ3v) is 3.98. The van der Waals surface area contributed by atoms with Crippen molar-refractivity contribution >= 4 is 11.3 Å². The number of nitrogens with two attached hydrogens (primary N) is 1. The van der Waals surface area contributed by atoms with Gasteiger partial charge < -0.3 is 5.73 Å². The predicted octanol–water partition coefficient (Wildman–Crippen LogP) is 2.82. The lowest BCUT2D eigenvalue weighted by Gasteiger charge is -2.09. The Labute approximate surface area is 107 Å². The van der Waals surface area contributed by atoms with Crippen LogP contribution in [0.25, 0.3) is 0 Å². The van der Waals surface area contributed by atoms with Crippen molar-refractivity contribution in [3.05, 3.63) is 52.0 Å². The average Bonchev–Trinajstić information content (AvgIpc) is 2.78. The minimum absolute atomic E-state index is 0.160. The minimum Gasteiger partial charge on any atom is -0.327 e. The predicted molar refractivity (Wildman–Crippen MR) is 73.3 cm³/mol. The summed E-state index contributed by atoms with van der Waals surface area (Å²) in [6.45, 7) is 2.18. The molecule has 2 rings (SSSR count). The standard InChI is InChI=1S/C14H18N2S/c1-2-13-6-7-14(17-13)10-11(15)9-12-5-3-4-8-16-12/h3-8,11H,2,9-10,15H2,1H3. The molecule has 0 saturated carbocycles. The second-order valence-corrected chi connectivity index (χ2v) is 5.46. The lowest BCUT2D eigenvalue weighted by molar-refractivity contribution is 0.660. The molecule has 0 radical (unpaired) electrons. The summed E-state index contributed by atoms with van der Waals surface area (Å²) in [4.78, 5) is 7.12. The first-order valence-electron chi connectivity index (χ1n) is 6.01. The van der Waals surface area contributed by atoms with Crippen LogP contribution in [0.2, 0.25) is 0 Å². The summed E-state index contributed by atoms with van der Waals surface area (Å²) < 4.78 is 0. The highest BCUT2D eigenvalue weighted by atomic mass is 32.1. The molecule has 3 heteroatoms.